The Hall–Kier alpha value is -0.850. The molecule has 1 N–H and O–H groups in total. The van der Waals surface area contributed by atoms with Crippen LogP contribution < -0.4 is 5.32 Å². The third-order valence-electron chi connectivity index (χ3n) is 0.998. The number of aromatic nitrogens is 2. The van der Waals surface area contributed by atoms with Crippen molar-refractivity contribution in [2.45, 2.75) is 6.43 Å². The molecule has 0 aliphatic heterocycles. The number of anilines is 1. The Labute approximate surface area is 70.6 Å². The first-order chi connectivity index (χ1) is 5.74. The van der Waals surface area contributed by atoms with Crippen molar-refractivity contribution in [1.29, 1.82) is 0 Å². The summed E-state index contributed by atoms with van der Waals surface area (Å²) in [5.41, 5.74) is 0. The number of hydrogen-bond donors (Lipinski definition) is 1. The molecule has 0 aliphatic carbocycles. The van der Waals surface area contributed by atoms with E-state index in [0.717, 1.165) is 11.3 Å². The standard InChI is InChI=1S/C5H6F3N3S/c6-1-2-9-5-11-10-4(12-5)3(7)8/h3H,1-2H2,(H,9,11). The topological polar surface area (TPSA) is 37.8 Å². The minimum absolute atomic E-state index is 0.0673. The summed E-state index contributed by atoms with van der Waals surface area (Å²) in [5, 5.41) is 8.97. The highest BCUT2D eigenvalue weighted by atomic mass is 32.1. The van der Waals surface area contributed by atoms with Gasteiger partial charge in [0.2, 0.25) is 5.13 Å². The van der Waals surface area contributed by atoms with Crippen LogP contribution in [0.25, 0.3) is 0 Å². The van der Waals surface area contributed by atoms with Crippen LogP contribution in [0.4, 0.5) is 18.3 Å². The maximum atomic E-state index is 11.9. The Morgan fingerprint density at radius 3 is 2.67 bits per heavy atom. The van der Waals surface area contributed by atoms with Gasteiger partial charge < -0.3 is 5.32 Å². The summed E-state index contributed by atoms with van der Waals surface area (Å²) in [6.45, 7) is -0.499. The largest absolute Gasteiger partial charge is 0.357 e. The molecule has 0 spiro atoms. The predicted molar refractivity (Wildman–Crippen MR) is 39.3 cm³/mol. The molecule has 3 nitrogen and oxygen atoms in total. The van der Waals surface area contributed by atoms with Crippen LogP contribution in [0.15, 0.2) is 0 Å². The van der Waals surface area contributed by atoms with Crippen molar-refractivity contribution in [1.82, 2.24) is 10.2 Å². The zero-order valence-corrected chi connectivity index (χ0v) is 6.74. The second kappa shape index (κ2) is 4.24. The van der Waals surface area contributed by atoms with E-state index < -0.39 is 13.1 Å². The van der Waals surface area contributed by atoms with Gasteiger partial charge in [0, 0.05) is 6.54 Å². The lowest BCUT2D eigenvalue weighted by atomic mass is 10.7. The first kappa shape index (κ1) is 9.24. The van der Waals surface area contributed by atoms with Crippen molar-refractivity contribution in [3.8, 4) is 0 Å². The van der Waals surface area contributed by atoms with Crippen LogP contribution in [0.5, 0.6) is 0 Å². The molecule has 0 aliphatic rings. The number of hydrogen-bond acceptors (Lipinski definition) is 4. The molecule has 68 valence electrons. The van der Waals surface area contributed by atoms with Crippen LogP contribution >= 0.6 is 11.3 Å². The Morgan fingerprint density at radius 1 is 1.42 bits per heavy atom. The lowest BCUT2D eigenvalue weighted by Crippen LogP contribution is -2.01. The van der Waals surface area contributed by atoms with Gasteiger partial charge in [0.05, 0.1) is 0 Å². The number of nitrogens with zero attached hydrogens (tertiary/aromatic N) is 2. The van der Waals surface area contributed by atoms with Gasteiger partial charge in [-0.2, -0.15) is 0 Å². The Bertz CT molecular complexity index is 240. The lowest BCUT2D eigenvalue weighted by molar-refractivity contribution is 0.150. The molecule has 1 aromatic heterocycles. The number of halogens is 3. The van der Waals surface area contributed by atoms with Gasteiger partial charge in [-0.1, -0.05) is 11.3 Å². The van der Waals surface area contributed by atoms with Gasteiger partial charge in [0.15, 0.2) is 5.01 Å². The average Bonchev–Trinajstić information content (AvgIpc) is 2.48. The summed E-state index contributed by atoms with van der Waals surface area (Å²) in [5.74, 6) is 0. The third kappa shape index (κ3) is 2.33. The molecule has 0 bridgehead atoms. The highest BCUT2D eigenvalue weighted by molar-refractivity contribution is 7.15. The quantitative estimate of drug-likeness (QED) is 0.800. The summed E-state index contributed by atoms with van der Waals surface area (Å²) < 4.78 is 35.4. The Morgan fingerprint density at radius 2 is 2.17 bits per heavy atom. The highest BCUT2D eigenvalue weighted by Crippen LogP contribution is 2.24. The van der Waals surface area contributed by atoms with Crippen molar-refractivity contribution in [2.75, 3.05) is 18.5 Å². The van der Waals surface area contributed by atoms with E-state index in [1.807, 2.05) is 0 Å². The molecule has 0 fully saturated rings. The molecule has 7 heteroatoms. The third-order valence-corrected chi connectivity index (χ3v) is 1.89. The second-order valence-corrected chi connectivity index (χ2v) is 2.87. The molecule has 1 heterocycles. The molecule has 12 heavy (non-hydrogen) atoms. The number of rotatable bonds is 4. The monoisotopic (exact) mass is 197 g/mol. The summed E-state index contributed by atoms with van der Waals surface area (Å²) in [4.78, 5) is 0. The highest BCUT2D eigenvalue weighted by Gasteiger charge is 2.13. The van der Waals surface area contributed by atoms with Gasteiger partial charge in [-0.05, 0) is 0 Å². The maximum absolute atomic E-state index is 11.9. The summed E-state index contributed by atoms with van der Waals surface area (Å²) >= 11 is 0.731. The second-order valence-electron chi connectivity index (χ2n) is 1.86. The van der Waals surface area contributed by atoms with Crippen molar-refractivity contribution < 1.29 is 13.2 Å². The molecule has 0 atom stereocenters. The van der Waals surface area contributed by atoms with Gasteiger partial charge in [0.1, 0.15) is 6.67 Å². The smallest absolute Gasteiger partial charge is 0.291 e. The summed E-state index contributed by atoms with van der Waals surface area (Å²) in [6.07, 6.45) is -2.61. The van der Waals surface area contributed by atoms with E-state index in [0.29, 0.717) is 0 Å². The first-order valence-electron chi connectivity index (χ1n) is 3.15. The van der Waals surface area contributed by atoms with Crippen molar-refractivity contribution in [2.24, 2.45) is 0 Å². The summed E-state index contributed by atoms with van der Waals surface area (Å²) in [6, 6.07) is 0. The number of alkyl halides is 3. The van der Waals surface area contributed by atoms with Crippen molar-refractivity contribution in [3.63, 3.8) is 0 Å². The van der Waals surface area contributed by atoms with Crippen LogP contribution in [0.2, 0.25) is 0 Å². The van der Waals surface area contributed by atoms with Crippen LogP contribution in [0.3, 0.4) is 0 Å². The van der Waals surface area contributed by atoms with Gasteiger partial charge in [-0.3, -0.25) is 0 Å². The van der Waals surface area contributed by atoms with Crippen molar-refractivity contribution in [3.05, 3.63) is 5.01 Å². The van der Waals surface area contributed by atoms with Gasteiger partial charge in [-0.15, -0.1) is 10.2 Å². The molecular weight excluding hydrogens is 191 g/mol. The van der Waals surface area contributed by atoms with Crippen LogP contribution in [-0.4, -0.2) is 23.4 Å². The predicted octanol–water partition coefficient (Wildman–Crippen LogP) is 1.86. The molecule has 0 radical (unpaired) electrons. The summed E-state index contributed by atoms with van der Waals surface area (Å²) in [7, 11) is 0. The fourth-order valence-electron chi connectivity index (χ4n) is 0.548. The molecule has 1 aromatic rings. The van der Waals surface area contributed by atoms with Crippen LogP contribution in [-0.2, 0) is 0 Å². The minimum atomic E-state index is -2.61. The van der Waals surface area contributed by atoms with Gasteiger partial charge >= 0.3 is 0 Å². The lowest BCUT2D eigenvalue weighted by Gasteiger charge is -1.93. The van der Waals surface area contributed by atoms with E-state index in [1.165, 1.54) is 0 Å². The van der Waals surface area contributed by atoms with E-state index in [1.54, 1.807) is 0 Å². The molecule has 0 amide bonds. The zero-order chi connectivity index (χ0) is 8.97. The van der Waals surface area contributed by atoms with Crippen molar-refractivity contribution >= 4 is 16.5 Å². The van der Waals surface area contributed by atoms with E-state index in [9.17, 15) is 13.2 Å². The SMILES string of the molecule is FCCNc1nnc(C(F)F)s1. The zero-order valence-electron chi connectivity index (χ0n) is 5.93. The van der Waals surface area contributed by atoms with E-state index in [2.05, 4.69) is 15.5 Å². The van der Waals surface area contributed by atoms with E-state index in [-0.39, 0.29) is 16.7 Å². The Kier molecular flexibility index (Phi) is 3.27. The van der Waals surface area contributed by atoms with Crippen LogP contribution in [0, 0.1) is 0 Å². The Balaban J connectivity index is 2.52. The maximum Gasteiger partial charge on any atom is 0.291 e. The van der Waals surface area contributed by atoms with Crippen LogP contribution in [0.1, 0.15) is 11.4 Å². The van der Waals surface area contributed by atoms with Gasteiger partial charge in [-0.25, -0.2) is 13.2 Å². The molecule has 1 rings (SSSR count). The normalized spacial score (nSPS) is 10.7. The van der Waals surface area contributed by atoms with E-state index >= 15 is 0 Å². The van der Waals surface area contributed by atoms with Gasteiger partial charge in [0.25, 0.3) is 6.43 Å². The first-order valence-corrected chi connectivity index (χ1v) is 3.97. The molecule has 0 unspecified atom stereocenters. The molecule has 0 saturated carbocycles. The minimum Gasteiger partial charge on any atom is -0.357 e. The fraction of sp³-hybridized carbons (Fsp3) is 0.600. The molecule has 0 aromatic carbocycles. The van der Waals surface area contributed by atoms with E-state index in [4.69, 9.17) is 0 Å². The average molecular weight is 197 g/mol. The fourth-order valence-corrected chi connectivity index (χ4v) is 1.17. The molecular formula is C5H6F3N3S. The number of nitrogens with one attached hydrogen (secondary N) is 1. The molecule has 0 saturated heterocycles.